The quantitative estimate of drug-likeness (QED) is 0.698. The molecule has 5 heteroatoms. The molecule has 0 aromatic heterocycles. The molecule has 2 rings (SSSR count). The van der Waals surface area contributed by atoms with E-state index in [4.69, 9.17) is 20.6 Å². The van der Waals surface area contributed by atoms with Crippen molar-refractivity contribution in [1.29, 1.82) is 0 Å². The molecular formula is C9H10ClO3P. The summed E-state index contributed by atoms with van der Waals surface area (Å²) in [5, 5.41) is 0.647. The van der Waals surface area contributed by atoms with Crippen molar-refractivity contribution in [2.75, 3.05) is 6.61 Å². The predicted molar refractivity (Wildman–Crippen MR) is 54.8 cm³/mol. The Morgan fingerprint density at radius 3 is 2.93 bits per heavy atom. The summed E-state index contributed by atoms with van der Waals surface area (Å²) in [6.07, 6.45) is 0.504. The number of halogens is 1. The highest BCUT2D eigenvalue weighted by Gasteiger charge is 2.22. The van der Waals surface area contributed by atoms with Crippen molar-refractivity contribution in [3.05, 3.63) is 34.9 Å². The molecular weight excluding hydrogens is 223 g/mol. The minimum absolute atomic E-state index is 0.191. The molecule has 1 aromatic rings. The van der Waals surface area contributed by atoms with E-state index in [-0.39, 0.29) is 6.10 Å². The van der Waals surface area contributed by atoms with E-state index in [1.165, 1.54) is 0 Å². The number of rotatable bonds is 1. The van der Waals surface area contributed by atoms with Crippen LogP contribution in [0.5, 0.6) is 0 Å². The summed E-state index contributed by atoms with van der Waals surface area (Å²) in [4.78, 5) is 0. The van der Waals surface area contributed by atoms with Crippen molar-refractivity contribution in [1.82, 2.24) is 0 Å². The maximum atomic E-state index is 11.1. The van der Waals surface area contributed by atoms with Crippen LogP contribution in [0.4, 0.5) is 0 Å². The van der Waals surface area contributed by atoms with Gasteiger partial charge in [0.05, 0.1) is 12.7 Å². The first-order valence-corrected chi connectivity index (χ1v) is 5.95. The van der Waals surface area contributed by atoms with E-state index in [9.17, 15) is 4.57 Å². The molecule has 14 heavy (non-hydrogen) atoms. The van der Waals surface area contributed by atoms with Gasteiger partial charge in [-0.3, -0.25) is 4.57 Å². The Labute approximate surface area is 87.9 Å². The number of benzene rings is 1. The molecule has 0 aliphatic carbocycles. The SMILES string of the molecule is O=[PH]1OCC[C@@H](c2ccccc2Cl)O1. The molecule has 0 radical (unpaired) electrons. The fourth-order valence-electron chi connectivity index (χ4n) is 1.41. The topological polar surface area (TPSA) is 35.5 Å². The maximum absolute atomic E-state index is 11.1. The smallest absolute Gasteiger partial charge is 0.311 e. The van der Waals surface area contributed by atoms with Crippen LogP contribution in [0, 0.1) is 0 Å². The minimum atomic E-state index is -2.31. The highest BCUT2D eigenvalue weighted by atomic mass is 35.5. The van der Waals surface area contributed by atoms with Gasteiger partial charge in [-0.1, -0.05) is 29.8 Å². The molecule has 0 bridgehead atoms. The second kappa shape index (κ2) is 4.45. The third-order valence-electron chi connectivity index (χ3n) is 2.09. The second-order valence-corrected chi connectivity index (χ2v) is 4.45. The van der Waals surface area contributed by atoms with Crippen molar-refractivity contribution in [3.8, 4) is 0 Å². The Hall–Kier alpha value is -0.340. The van der Waals surface area contributed by atoms with Gasteiger partial charge in [0.2, 0.25) is 0 Å². The molecule has 2 atom stereocenters. The van der Waals surface area contributed by atoms with Crippen LogP contribution in [0.3, 0.4) is 0 Å². The van der Waals surface area contributed by atoms with Crippen LogP contribution in [0.2, 0.25) is 5.02 Å². The van der Waals surface area contributed by atoms with Gasteiger partial charge in [0.25, 0.3) is 0 Å². The molecule has 1 unspecified atom stereocenters. The van der Waals surface area contributed by atoms with Gasteiger partial charge in [-0.15, -0.1) is 0 Å². The summed E-state index contributed by atoms with van der Waals surface area (Å²) in [5.41, 5.74) is 0.885. The Kier molecular flexibility index (Phi) is 3.24. The zero-order chi connectivity index (χ0) is 9.97. The fourth-order valence-corrected chi connectivity index (χ4v) is 2.50. The van der Waals surface area contributed by atoms with Gasteiger partial charge in [-0.2, -0.15) is 0 Å². The molecule has 0 amide bonds. The van der Waals surface area contributed by atoms with Crippen LogP contribution < -0.4 is 0 Å². The van der Waals surface area contributed by atoms with Gasteiger partial charge < -0.3 is 9.05 Å². The molecule has 1 heterocycles. The van der Waals surface area contributed by atoms with E-state index in [2.05, 4.69) is 0 Å². The second-order valence-electron chi connectivity index (χ2n) is 3.02. The molecule has 3 nitrogen and oxygen atoms in total. The first-order chi connectivity index (χ1) is 6.77. The normalized spacial score (nSPS) is 27.5. The highest BCUT2D eigenvalue weighted by molar-refractivity contribution is 7.33. The largest absolute Gasteiger partial charge is 0.319 e. The molecule has 0 saturated carbocycles. The van der Waals surface area contributed by atoms with Gasteiger partial charge in [0.15, 0.2) is 0 Å². The molecule has 1 fully saturated rings. The number of hydrogen-bond acceptors (Lipinski definition) is 3. The van der Waals surface area contributed by atoms with E-state index in [1.807, 2.05) is 18.2 Å². The summed E-state index contributed by atoms with van der Waals surface area (Å²) >= 11 is 5.99. The summed E-state index contributed by atoms with van der Waals surface area (Å²) in [5.74, 6) is 0. The lowest BCUT2D eigenvalue weighted by Gasteiger charge is -2.23. The van der Waals surface area contributed by atoms with Crippen molar-refractivity contribution < 1.29 is 13.6 Å². The summed E-state index contributed by atoms with van der Waals surface area (Å²) in [6, 6.07) is 7.42. The monoisotopic (exact) mass is 232 g/mol. The Balaban J connectivity index is 2.22. The third-order valence-corrected chi connectivity index (χ3v) is 3.35. The Morgan fingerprint density at radius 2 is 2.21 bits per heavy atom. The van der Waals surface area contributed by atoms with Gasteiger partial charge in [-0.25, -0.2) is 0 Å². The van der Waals surface area contributed by atoms with Crippen molar-refractivity contribution in [2.45, 2.75) is 12.5 Å². The van der Waals surface area contributed by atoms with Crippen molar-refractivity contribution >= 4 is 19.9 Å². The van der Waals surface area contributed by atoms with Crippen LogP contribution in [-0.4, -0.2) is 6.61 Å². The summed E-state index contributed by atoms with van der Waals surface area (Å²) in [6.45, 7) is 0.466. The number of hydrogen-bond donors (Lipinski definition) is 0. The Morgan fingerprint density at radius 1 is 1.43 bits per heavy atom. The average molecular weight is 233 g/mol. The van der Waals surface area contributed by atoms with Gasteiger partial charge >= 0.3 is 8.25 Å². The van der Waals surface area contributed by atoms with Crippen LogP contribution in [0.15, 0.2) is 24.3 Å². The standard InChI is InChI=1S/C9H10ClO3P/c10-8-4-2-1-3-7(8)9-5-6-12-14(11)13-9/h1-4,9,14H,5-6H2/t9-/m0/s1. The average Bonchev–Trinajstić information content (AvgIpc) is 2.18. The van der Waals surface area contributed by atoms with Crippen molar-refractivity contribution in [2.24, 2.45) is 0 Å². The van der Waals surface area contributed by atoms with Crippen LogP contribution in [0.1, 0.15) is 18.1 Å². The predicted octanol–water partition coefficient (Wildman–Crippen LogP) is 3.21. The molecule has 1 aliphatic rings. The molecule has 1 aliphatic heterocycles. The highest BCUT2D eigenvalue weighted by Crippen LogP contribution is 2.41. The van der Waals surface area contributed by atoms with Crippen LogP contribution in [0.25, 0.3) is 0 Å². The molecule has 1 saturated heterocycles. The lowest BCUT2D eigenvalue weighted by molar-refractivity contribution is 0.0969. The zero-order valence-corrected chi connectivity index (χ0v) is 9.16. The van der Waals surface area contributed by atoms with E-state index in [0.29, 0.717) is 18.1 Å². The van der Waals surface area contributed by atoms with Gasteiger partial charge in [-0.05, 0) is 6.07 Å². The lowest BCUT2D eigenvalue weighted by Crippen LogP contribution is -2.09. The van der Waals surface area contributed by atoms with Gasteiger partial charge in [0.1, 0.15) is 0 Å². The molecule has 1 aromatic carbocycles. The van der Waals surface area contributed by atoms with Gasteiger partial charge in [0, 0.05) is 17.0 Å². The third kappa shape index (κ3) is 2.18. The van der Waals surface area contributed by atoms with Crippen molar-refractivity contribution in [3.63, 3.8) is 0 Å². The molecule has 76 valence electrons. The van der Waals surface area contributed by atoms with E-state index in [0.717, 1.165) is 5.56 Å². The van der Waals surface area contributed by atoms with Crippen LogP contribution >= 0.6 is 19.9 Å². The van der Waals surface area contributed by atoms with E-state index >= 15 is 0 Å². The summed E-state index contributed by atoms with van der Waals surface area (Å²) < 4.78 is 21.1. The Bertz CT molecular complexity index is 356. The fraction of sp³-hybridized carbons (Fsp3) is 0.333. The van der Waals surface area contributed by atoms with E-state index in [1.54, 1.807) is 6.07 Å². The maximum Gasteiger partial charge on any atom is 0.319 e. The molecule has 0 spiro atoms. The molecule has 0 N–H and O–H groups in total. The lowest BCUT2D eigenvalue weighted by atomic mass is 10.1. The summed E-state index contributed by atoms with van der Waals surface area (Å²) in [7, 11) is -2.31. The van der Waals surface area contributed by atoms with E-state index < -0.39 is 8.25 Å². The zero-order valence-electron chi connectivity index (χ0n) is 7.40. The first kappa shape index (κ1) is 10.2. The van der Waals surface area contributed by atoms with Crippen LogP contribution in [-0.2, 0) is 13.6 Å². The first-order valence-electron chi connectivity index (χ1n) is 4.35. The minimum Gasteiger partial charge on any atom is -0.311 e.